The van der Waals surface area contributed by atoms with Gasteiger partial charge in [-0.2, -0.15) is 18.3 Å². The number of nitrogen functional groups attached to an aromatic ring is 2. The minimum atomic E-state index is -4.53. The summed E-state index contributed by atoms with van der Waals surface area (Å²) >= 11 is 0. The highest BCUT2D eigenvalue weighted by atomic mass is 19.4. The third kappa shape index (κ3) is 6.90. The number of benzene rings is 2. The molecule has 0 spiro atoms. The van der Waals surface area contributed by atoms with E-state index in [2.05, 4.69) is 25.6 Å². The number of allylic oxidation sites excluding steroid dienone is 4. The molecule has 1 aliphatic heterocycles. The van der Waals surface area contributed by atoms with Gasteiger partial charge in [-0.15, -0.1) is 0 Å². The van der Waals surface area contributed by atoms with E-state index < -0.39 is 17.8 Å². The van der Waals surface area contributed by atoms with E-state index in [0.29, 0.717) is 46.2 Å². The number of alkyl halides is 3. The Kier molecular flexibility index (Phi) is 9.36. The average Bonchev–Trinajstić information content (AvgIpc) is 4.02. The third-order valence-corrected chi connectivity index (χ3v) is 11.3. The van der Waals surface area contributed by atoms with Crippen molar-refractivity contribution in [2.45, 2.75) is 82.6 Å². The molecule has 0 radical (unpaired) electrons. The van der Waals surface area contributed by atoms with Gasteiger partial charge in [0.15, 0.2) is 17.3 Å². The number of nitrogens with zero attached hydrogens (tertiary/aromatic N) is 8. The van der Waals surface area contributed by atoms with Crippen molar-refractivity contribution < 1.29 is 18.0 Å². The average molecular weight is 790 g/mol. The largest absolute Gasteiger partial charge is 0.416 e. The summed E-state index contributed by atoms with van der Waals surface area (Å²) in [6.45, 7) is 0.284. The highest BCUT2D eigenvalue weighted by molar-refractivity contribution is 6.01. The number of rotatable bonds is 7. The molecule has 0 atom stereocenters. The number of nitrogens with one attached hydrogen (secondary N) is 2. The number of carbonyl (C=O) groups is 1. The van der Waals surface area contributed by atoms with Gasteiger partial charge in [-0.05, 0) is 74.1 Å². The molecule has 8 N–H and O–H groups in total. The normalized spacial score (nSPS) is 18.6. The maximum atomic E-state index is 13.2. The highest BCUT2D eigenvalue weighted by Gasteiger charge is 2.42. The van der Waals surface area contributed by atoms with Gasteiger partial charge >= 0.3 is 12.2 Å². The van der Waals surface area contributed by atoms with Gasteiger partial charge < -0.3 is 27.8 Å². The van der Waals surface area contributed by atoms with E-state index in [1.54, 1.807) is 24.3 Å². The van der Waals surface area contributed by atoms with Crippen LogP contribution in [0.5, 0.6) is 0 Å². The van der Waals surface area contributed by atoms with Crippen LogP contribution in [0, 0.1) is 0 Å². The first kappa shape index (κ1) is 37.0. The fourth-order valence-electron chi connectivity index (χ4n) is 8.58. The zero-order valence-corrected chi connectivity index (χ0v) is 31.5. The van der Waals surface area contributed by atoms with Crippen LogP contribution < -0.4 is 32.8 Å². The fourth-order valence-corrected chi connectivity index (χ4v) is 8.58. The number of aromatic nitrogens is 6. The van der Waals surface area contributed by atoms with Gasteiger partial charge in [0, 0.05) is 22.6 Å². The molecule has 298 valence electrons. The van der Waals surface area contributed by atoms with Crippen LogP contribution in [0.3, 0.4) is 0 Å². The smallest absolute Gasteiger partial charge is 0.399 e. The number of hydrogen-bond donors (Lipinski definition) is 5. The number of anilines is 5. The molecule has 2 aromatic carbocycles. The summed E-state index contributed by atoms with van der Waals surface area (Å²) < 4.78 is 41.5. The number of fused-ring (bicyclic) bond motifs is 2. The molecule has 4 heterocycles. The van der Waals surface area contributed by atoms with Crippen molar-refractivity contribution in [3.05, 3.63) is 101 Å². The molecule has 2 fully saturated rings. The summed E-state index contributed by atoms with van der Waals surface area (Å²) in [5.74, 6) is 1.95. The first-order chi connectivity index (χ1) is 28.0. The first-order valence-corrected chi connectivity index (χ1v) is 19.5. The van der Waals surface area contributed by atoms with Gasteiger partial charge in [-0.3, -0.25) is 10.0 Å². The van der Waals surface area contributed by atoms with Gasteiger partial charge in [0.1, 0.15) is 23.7 Å². The van der Waals surface area contributed by atoms with E-state index in [4.69, 9.17) is 37.3 Å². The molecule has 2 saturated carbocycles. The second-order valence-corrected chi connectivity index (χ2v) is 15.1. The Labute approximate surface area is 331 Å². The Morgan fingerprint density at radius 3 is 2.28 bits per heavy atom. The molecule has 3 aliphatic carbocycles. The predicted molar refractivity (Wildman–Crippen MR) is 216 cm³/mol. The number of hydrazine groups is 1. The van der Waals surface area contributed by atoms with Crippen LogP contribution in [0.4, 0.5) is 46.8 Å². The minimum Gasteiger partial charge on any atom is -0.399 e. The third-order valence-electron chi connectivity index (χ3n) is 11.3. The molecule has 58 heavy (non-hydrogen) atoms. The zero-order chi connectivity index (χ0) is 40.1. The van der Waals surface area contributed by atoms with Crippen LogP contribution in [0.2, 0.25) is 0 Å². The van der Waals surface area contributed by atoms with Crippen LogP contribution in [0.1, 0.15) is 80.8 Å². The molecule has 0 bridgehead atoms. The monoisotopic (exact) mass is 789 g/mol. The Morgan fingerprint density at radius 1 is 0.845 bits per heavy atom. The molecule has 9 rings (SSSR count). The van der Waals surface area contributed by atoms with Crippen molar-refractivity contribution in [2.75, 3.05) is 27.1 Å². The molecular formula is C41H42F3N13O. The topological polar surface area (TPSA) is 195 Å². The molecule has 0 saturated heterocycles. The summed E-state index contributed by atoms with van der Waals surface area (Å²) in [6.07, 6.45) is 11.8. The maximum absolute atomic E-state index is 13.2. The van der Waals surface area contributed by atoms with E-state index >= 15 is 0 Å². The highest BCUT2D eigenvalue weighted by Crippen LogP contribution is 2.47. The maximum Gasteiger partial charge on any atom is 0.416 e. The van der Waals surface area contributed by atoms with E-state index in [-0.39, 0.29) is 30.1 Å². The Hall–Kier alpha value is -6.65. The van der Waals surface area contributed by atoms with Gasteiger partial charge in [-0.1, -0.05) is 56.0 Å². The van der Waals surface area contributed by atoms with Gasteiger partial charge in [0.25, 0.3) is 0 Å². The number of nitrogens with two attached hydrogens (primary N) is 3. The van der Waals surface area contributed by atoms with Crippen LogP contribution in [-0.4, -0.2) is 46.8 Å². The van der Waals surface area contributed by atoms with Crippen molar-refractivity contribution in [1.82, 2.24) is 34.7 Å². The van der Waals surface area contributed by atoms with Crippen molar-refractivity contribution in [3.63, 3.8) is 0 Å². The van der Waals surface area contributed by atoms with Crippen molar-refractivity contribution in [1.29, 1.82) is 0 Å². The van der Waals surface area contributed by atoms with E-state index in [9.17, 15) is 18.0 Å². The van der Waals surface area contributed by atoms with E-state index in [1.165, 1.54) is 18.5 Å². The van der Waals surface area contributed by atoms with Crippen molar-refractivity contribution in [3.8, 4) is 11.3 Å². The van der Waals surface area contributed by atoms with Gasteiger partial charge in [0.2, 0.25) is 0 Å². The predicted octanol–water partition coefficient (Wildman–Crippen LogP) is 7.92. The Balaban J connectivity index is 1.05. The SMILES string of the molecule is NC1=CCC(=C2c3c(N)ncnc3N(C3CCCC3)N2Cc2nc(N)c3c(-c4ccc(NC(=O)Nc5cccc(C(F)(F)F)c5)cc4)nn(C4CCCC4)c3n2)C=C1. The fraction of sp³-hybridized carbons (Fsp3) is 0.317. The summed E-state index contributed by atoms with van der Waals surface area (Å²) in [7, 11) is 0. The van der Waals surface area contributed by atoms with Gasteiger partial charge in [0.05, 0.1) is 40.8 Å². The van der Waals surface area contributed by atoms with E-state index in [0.717, 1.165) is 91.7 Å². The molecule has 3 aromatic heterocycles. The second-order valence-electron chi connectivity index (χ2n) is 15.1. The quantitative estimate of drug-likeness (QED) is 0.107. The summed E-state index contributed by atoms with van der Waals surface area (Å²) in [6, 6.07) is 11.1. The number of carbonyl (C=O) groups excluding carboxylic acids is 1. The Bertz CT molecular complexity index is 2500. The molecular weight excluding hydrogens is 748 g/mol. The molecule has 17 heteroatoms. The lowest BCUT2D eigenvalue weighted by atomic mass is 10.0. The van der Waals surface area contributed by atoms with Crippen LogP contribution in [0.15, 0.2) is 84.4 Å². The lowest BCUT2D eigenvalue weighted by Gasteiger charge is -2.36. The van der Waals surface area contributed by atoms with Crippen LogP contribution in [0.25, 0.3) is 28.0 Å². The molecule has 0 unspecified atom stereocenters. The lowest BCUT2D eigenvalue weighted by Crippen LogP contribution is -2.44. The number of urea groups is 1. The van der Waals surface area contributed by atoms with Crippen LogP contribution in [-0.2, 0) is 12.7 Å². The molecule has 2 amide bonds. The molecule has 14 nitrogen and oxygen atoms in total. The Morgan fingerprint density at radius 2 is 1.57 bits per heavy atom. The molecule has 4 aliphatic rings. The summed E-state index contributed by atoms with van der Waals surface area (Å²) in [5, 5.41) is 15.3. The van der Waals surface area contributed by atoms with Crippen molar-refractivity contribution in [2.24, 2.45) is 5.73 Å². The summed E-state index contributed by atoms with van der Waals surface area (Å²) in [5.41, 5.74) is 24.6. The van der Waals surface area contributed by atoms with E-state index in [1.807, 2.05) is 22.9 Å². The zero-order valence-electron chi connectivity index (χ0n) is 31.5. The number of amides is 2. The minimum absolute atomic E-state index is 0.0158. The lowest BCUT2D eigenvalue weighted by molar-refractivity contribution is -0.137. The number of halogens is 3. The molecule has 5 aromatic rings. The first-order valence-electron chi connectivity index (χ1n) is 19.5. The van der Waals surface area contributed by atoms with Crippen LogP contribution >= 0.6 is 0 Å². The standard InChI is InChI=1S/C41H42F3N13O/c42-41(43,44)25-6-5-7-28(20-25)51-40(58)50-27-18-14-23(15-19-27)34-32-37(47)52-31(53-39(32)56(54-34)29-8-1-2-9-29)21-55-35(24-12-16-26(45)17-13-24)33-36(46)48-22-49-38(33)57(55)30-10-3-4-11-30/h5-7,12,14-20,22,29-30H,1-4,8-11,13,21,45H2,(H2,46,48,49)(H2,47,52,53)(H2,50,51,58). The van der Waals surface area contributed by atoms with Gasteiger partial charge in [-0.25, -0.2) is 29.4 Å². The number of hydrogen-bond acceptors (Lipinski definition) is 11. The second kappa shape index (κ2) is 14.7. The van der Waals surface area contributed by atoms with Crippen molar-refractivity contribution >= 4 is 51.6 Å². The summed E-state index contributed by atoms with van der Waals surface area (Å²) in [4.78, 5) is 32.0.